The van der Waals surface area contributed by atoms with Crippen LogP contribution in [0.15, 0.2) is 33.7 Å². The Morgan fingerprint density at radius 3 is 2.80 bits per heavy atom. The van der Waals surface area contributed by atoms with Gasteiger partial charge in [-0.15, -0.1) is 11.8 Å². The zero-order valence-corrected chi connectivity index (χ0v) is 13.3. The molecule has 108 valence electrons. The average molecular weight is 312 g/mol. The number of halogens is 1. The predicted molar refractivity (Wildman–Crippen MR) is 81.7 cm³/mol. The molecule has 0 saturated carbocycles. The first-order chi connectivity index (χ1) is 9.36. The van der Waals surface area contributed by atoms with Crippen molar-refractivity contribution in [1.29, 1.82) is 0 Å². The normalized spacial score (nSPS) is 13.4. The lowest BCUT2D eigenvalue weighted by Crippen LogP contribution is -2.26. The van der Waals surface area contributed by atoms with Crippen LogP contribution in [0.3, 0.4) is 0 Å². The van der Waals surface area contributed by atoms with Crippen LogP contribution in [0.5, 0.6) is 0 Å². The first-order valence-corrected chi connectivity index (χ1v) is 7.69. The summed E-state index contributed by atoms with van der Waals surface area (Å²) in [6.07, 6.45) is 0. The SMILES string of the molecule is CC(C)(C)[C@@H](N)c1nc(CSc2cccc(Cl)c2)no1. The highest BCUT2D eigenvalue weighted by Gasteiger charge is 2.27. The quantitative estimate of drug-likeness (QED) is 0.862. The van der Waals surface area contributed by atoms with Gasteiger partial charge < -0.3 is 10.3 Å². The van der Waals surface area contributed by atoms with Crippen LogP contribution in [-0.2, 0) is 5.75 Å². The fourth-order valence-electron chi connectivity index (χ4n) is 1.53. The van der Waals surface area contributed by atoms with Crippen molar-refractivity contribution >= 4 is 23.4 Å². The minimum atomic E-state index is -0.264. The molecule has 0 spiro atoms. The van der Waals surface area contributed by atoms with Gasteiger partial charge in [0.05, 0.1) is 11.8 Å². The molecule has 1 aromatic carbocycles. The van der Waals surface area contributed by atoms with Gasteiger partial charge in [0.15, 0.2) is 5.82 Å². The van der Waals surface area contributed by atoms with Crippen LogP contribution in [0.1, 0.15) is 38.5 Å². The van der Waals surface area contributed by atoms with E-state index in [4.69, 9.17) is 21.9 Å². The molecule has 0 amide bonds. The predicted octanol–water partition coefficient (Wildman–Crippen LogP) is 4.06. The maximum absolute atomic E-state index is 6.09. The Balaban J connectivity index is 2.00. The Hall–Kier alpha value is -1.04. The second-order valence-electron chi connectivity index (χ2n) is 5.64. The number of hydrogen-bond acceptors (Lipinski definition) is 5. The lowest BCUT2D eigenvalue weighted by molar-refractivity contribution is 0.252. The van der Waals surface area contributed by atoms with Gasteiger partial charge in [-0.2, -0.15) is 4.98 Å². The number of thioether (sulfide) groups is 1. The highest BCUT2D eigenvalue weighted by atomic mass is 35.5. The molecule has 0 aliphatic carbocycles. The summed E-state index contributed by atoms with van der Waals surface area (Å²) in [5.74, 6) is 1.75. The van der Waals surface area contributed by atoms with Gasteiger partial charge in [0.1, 0.15) is 0 Å². The number of rotatable bonds is 4. The van der Waals surface area contributed by atoms with Crippen molar-refractivity contribution < 1.29 is 4.52 Å². The van der Waals surface area contributed by atoms with E-state index in [1.54, 1.807) is 11.8 Å². The van der Waals surface area contributed by atoms with Crippen molar-refractivity contribution in [3.8, 4) is 0 Å². The largest absolute Gasteiger partial charge is 0.338 e. The zero-order valence-electron chi connectivity index (χ0n) is 11.8. The Labute approximate surface area is 128 Å². The molecule has 1 aromatic heterocycles. The van der Waals surface area contributed by atoms with Crippen molar-refractivity contribution in [2.75, 3.05) is 0 Å². The van der Waals surface area contributed by atoms with E-state index in [0.717, 1.165) is 9.92 Å². The van der Waals surface area contributed by atoms with Crippen LogP contribution in [0.25, 0.3) is 0 Å². The minimum absolute atomic E-state index is 0.107. The molecular weight excluding hydrogens is 294 g/mol. The van der Waals surface area contributed by atoms with Crippen molar-refractivity contribution in [3.05, 3.63) is 41.0 Å². The smallest absolute Gasteiger partial charge is 0.244 e. The molecule has 2 N–H and O–H groups in total. The molecule has 1 atom stereocenters. The standard InChI is InChI=1S/C14H18ClN3OS/c1-14(2,3)12(16)13-17-11(18-19-13)8-20-10-6-4-5-9(15)7-10/h4-7,12H,8,16H2,1-3H3/t12-/m0/s1. The monoisotopic (exact) mass is 311 g/mol. The van der Waals surface area contributed by atoms with Crippen LogP contribution in [0.2, 0.25) is 5.02 Å². The fourth-order valence-corrected chi connectivity index (χ4v) is 2.58. The molecule has 20 heavy (non-hydrogen) atoms. The first kappa shape index (κ1) is 15.4. The minimum Gasteiger partial charge on any atom is -0.338 e. The van der Waals surface area contributed by atoms with E-state index < -0.39 is 0 Å². The van der Waals surface area contributed by atoms with Gasteiger partial charge in [-0.3, -0.25) is 0 Å². The van der Waals surface area contributed by atoms with Gasteiger partial charge in [-0.1, -0.05) is 43.6 Å². The molecule has 0 fully saturated rings. The van der Waals surface area contributed by atoms with E-state index in [1.807, 2.05) is 45.0 Å². The summed E-state index contributed by atoms with van der Waals surface area (Å²) >= 11 is 7.55. The van der Waals surface area contributed by atoms with Crippen LogP contribution >= 0.6 is 23.4 Å². The molecule has 0 radical (unpaired) electrons. The maximum Gasteiger partial charge on any atom is 0.244 e. The fraction of sp³-hybridized carbons (Fsp3) is 0.429. The summed E-state index contributed by atoms with van der Waals surface area (Å²) in [5.41, 5.74) is 5.98. The van der Waals surface area contributed by atoms with Gasteiger partial charge in [0.25, 0.3) is 0 Å². The van der Waals surface area contributed by atoms with Gasteiger partial charge in [-0.25, -0.2) is 0 Å². The van der Waals surface area contributed by atoms with E-state index in [9.17, 15) is 0 Å². The van der Waals surface area contributed by atoms with Gasteiger partial charge >= 0.3 is 0 Å². The molecule has 1 heterocycles. The molecule has 0 aliphatic heterocycles. The van der Waals surface area contributed by atoms with E-state index in [2.05, 4.69) is 10.1 Å². The highest BCUT2D eigenvalue weighted by molar-refractivity contribution is 7.98. The summed E-state index contributed by atoms with van der Waals surface area (Å²) in [5, 5.41) is 4.69. The molecular formula is C14H18ClN3OS. The van der Waals surface area contributed by atoms with Crippen LogP contribution in [0.4, 0.5) is 0 Å². The Bertz CT molecular complexity index is 580. The third-order valence-electron chi connectivity index (χ3n) is 2.85. The summed E-state index contributed by atoms with van der Waals surface area (Å²) in [4.78, 5) is 5.43. The van der Waals surface area contributed by atoms with Crippen LogP contribution < -0.4 is 5.73 Å². The van der Waals surface area contributed by atoms with E-state index in [0.29, 0.717) is 17.5 Å². The third-order valence-corrected chi connectivity index (χ3v) is 4.07. The Morgan fingerprint density at radius 1 is 1.40 bits per heavy atom. The van der Waals surface area contributed by atoms with Crippen LogP contribution in [0, 0.1) is 5.41 Å². The third kappa shape index (κ3) is 3.98. The second kappa shape index (κ2) is 6.16. The number of benzene rings is 1. The lowest BCUT2D eigenvalue weighted by atomic mass is 9.87. The van der Waals surface area contributed by atoms with E-state index >= 15 is 0 Å². The highest BCUT2D eigenvalue weighted by Crippen LogP contribution is 2.30. The van der Waals surface area contributed by atoms with Gasteiger partial charge in [0, 0.05) is 9.92 Å². The molecule has 0 saturated heterocycles. The summed E-state index contributed by atoms with van der Waals surface area (Å²) in [6.45, 7) is 6.13. The zero-order chi connectivity index (χ0) is 14.8. The van der Waals surface area contributed by atoms with Crippen molar-refractivity contribution in [3.63, 3.8) is 0 Å². The molecule has 0 aliphatic rings. The summed E-state index contributed by atoms with van der Waals surface area (Å²) < 4.78 is 5.24. The molecule has 6 heteroatoms. The van der Waals surface area contributed by atoms with Crippen molar-refractivity contribution in [2.45, 2.75) is 37.5 Å². The van der Waals surface area contributed by atoms with Gasteiger partial charge in [-0.05, 0) is 23.6 Å². The maximum atomic E-state index is 6.09. The number of aromatic nitrogens is 2. The second-order valence-corrected chi connectivity index (χ2v) is 7.12. The number of nitrogens with two attached hydrogens (primary N) is 1. The molecule has 0 bridgehead atoms. The average Bonchev–Trinajstić information content (AvgIpc) is 2.83. The Kier molecular flexibility index (Phi) is 4.73. The Morgan fingerprint density at radius 2 is 2.15 bits per heavy atom. The number of nitrogens with zero attached hydrogens (tertiary/aromatic N) is 2. The summed E-state index contributed by atoms with van der Waals surface area (Å²) in [6, 6.07) is 7.41. The van der Waals surface area contributed by atoms with Crippen molar-refractivity contribution in [1.82, 2.24) is 10.1 Å². The molecule has 2 rings (SSSR count). The van der Waals surface area contributed by atoms with E-state index in [1.165, 1.54) is 0 Å². The summed E-state index contributed by atoms with van der Waals surface area (Å²) in [7, 11) is 0. The number of hydrogen-bond donors (Lipinski definition) is 1. The van der Waals surface area contributed by atoms with Gasteiger partial charge in [0.2, 0.25) is 5.89 Å². The van der Waals surface area contributed by atoms with Crippen LogP contribution in [-0.4, -0.2) is 10.1 Å². The lowest BCUT2D eigenvalue weighted by Gasteiger charge is -2.23. The molecule has 2 aromatic rings. The molecule has 4 nitrogen and oxygen atoms in total. The van der Waals surface area contributed by atoms with E-state index in [-0.39, 0.29) is 11.5 Å². The molecule has 0 unspecified atom stereocenters. The first-order valence-electron chi connectivity index (χ1n) is 6.32. The van der Waals surface area contributed by atoms with Crippen molar-refractivity contribution in [2.24, 2.45) is 11.1 Å². The topological polar surface area (TPSA) is 64.9 Å².